The van der Waals surface area contributed by atoms with Crippen molar-refractivity contribution >= 4 is 40.7 Å². The van der Waals surface area contributed by atoms with Gasteiger partial charge in [0.1, 0.15) is 0 Å². The van der Waals surface area contributed by atoms with Gasteiger partial charge in [-0.25, -0.2) is 0 Å². The molecule has 2 aromatic carbocycles. The van der Waals surface area contributed by atoms with Crippen LogP contribution >= 0.6 is 11.6 Å². The summed E-state index contributed by atoms with van der Waals surface area (Å²) in [5.74, 6) is -0.700. The Morgan fingerprint density at radius 3 is 2.57 bits per heavy atom. The molecule has 1 aliphatic rings. The Balaban J connectivity index is 1.52. The molecule has 9 heteroatoms. The summed E-state index contributed by atoms with van der Waals surface area (Å²) in [4.78, 5) is 37.5. The number of anilines is 2. The summed E-state index contributed by atoms with van der Waals surface area (Å²) in [6.45, 7) is 1.07. The van der Waals surface area contributed by atoms with Crippen LogP contribution in [0.1, 0.15) is 59.2 Å². The first kappa shape index (κ1) is 26.5. The zero-order valence-corrected chi connectivity index (χ0v) is 20.7. The topological polar surface area (TPSA) is 109 Å². The summed E-state index contributed by atoms with van der Waals surface area (Å²) in [5, 5.41) is 12.1. The molecule has 1 saturated carbocycles. The third kappa shape index (κ3) is 8.56. The fraction of sp³-hybridized carbons (Fsp3) is 0.423. The van der Waals surface area contributed by atoms with Crippen molar-refractivity contribution in [2.45, 2.75) is 44.6 Å². The van der Waals surface area contributed by atoms with Gasteiger partial charge in [0.05, 0.1) is 17.1 Å². The van der Waals surface area contributed by atoms with Gasteiger partial charge in [-0.2, -0.15) is 0 Å². The maximum atomic E-state index is 12.7. The lowest BCUT2D eigenvalue weighted by Gasteiger charge is -2.23. The molecule has 0 saturated heterocycles. The van der Waals surface area contributed by atoms with Gasteiger partial charge in [0, 0.05) is 43.2 Å². The number of nitrogens with one attached hydrogen (secondary N) is 4. The van der Waals surface area contributed by atoms with Crippen LogP contribution in [0.4, 0.5) is 11.4 Å². The predicted molar refractivity (Wildman–Crippen MR) is 138 cm³/mol. The van der Waals surface area contributed by atoms with E-state index in [9.17, 15) is 14.4 Å². The summed E-state index contributed by atoms with van der Waals surface area (Å²) < 4.78 is 4.97. The molecule has 0 radical (unpaired) electrons. The number of ether oxygens (including phenoxy) is 1. The van der Waals surface area contributed by atoms with E-state index in [1.807, 2.05) is 0 Å². The Hall–Kier alpha value is -3.10. The van der Waals surface area contributed by atoms with Gasteiger partial charge in [0.15, 0.2) is 0 Å². The number of carbonyl (C=O) groups excluding carboxylic acids is 3. The molecule has 0 spiro atoms. The van der Waals surface area contributed by atoms with E-state index in [1.54, 1.807) is 49.6 Å². The number of hydrogen-bond donors (Lipinski definition) is 4. The van der Waals surface area contributed by atoms with Crippen LogP contribution in [0.15, 0.2) is 42.5 Å². The van der Waals surface area contributed by atoms with Crippen molar-refractivity contribution in [2.24, 2.45) is 0 Å². The van der Waals surface area contributed by atoms with Crippen molar-refractivity contribution in [1.29, 1.82) is 0 Å². The minimum absolute atomic E-state index is 0.0151. The highest BCUT2D eigenvalue weighted by molar-refractivity contribution is 6.34. The van der Waals surface area contributed by atoms with Crippen LogP contribution in [0.5, 0.6) is 0 Å². The smallest absolute Gasteiger partial charge is 0.253 e. The SMILES string of the molecule is COCCCNC(=O)c1cccc(NC(=O)CNc2ccc(Cl)c(C(=O)NC3CCCCC3)c2)c1. The van der Waals surface area contributed by atoms with E-state index in [4.69, 9.17) is 16.3 Å². The molecular weight excluding hydrogens is 468 g/mol. The molecule has 1 aliphatic carbocycles. The Morgan fingerprint density at radius 1 is 1.00 bits per heavy atom. The van der Waals surface area contributed by atoms with Gasteiger partial charge < -0.3 is 26.0 Å². The third-order valence-corrected chi connectivity index (χ3v) is 6.15. The molecule has 0 heterocycles. The minimum atomic E-state index is -0.286. The highest BCUT2D eigenvalue weighted by Crippen LogP contribution is 2.23. The summed E-state index contributed by atoms with van der Waals surface area (Å²) in [6.07, 6.45) is 6.14. The van der Waals surface area contributed by atoms with Crippen LogP contribution in [0.25, 0.3) is 0 Å². The van der Waals surface area contributed by atoms with Crippen LogP contribution in [0, 0.1) is 0 Å². The Labute approximate surface area is 211 Å². The normalized spacial score (nSPS) is 13.7. The first-order chi connectivity index (χ1) is 17.0. The van der Waals surface area contributed by atoms with Crippen molar-refractivity contribution in [2.75, 3.05) is 37.4 Å². The number of amides is 3. The largest absolute Gasteiger partial charge is 0.385 e. The molecule has 0 aliphatic heterocycles. The molecule has 1 fully saturated rings. The number of carbonyl (C=O) groups is 3. The molecule has 3 amide bonds. The standard InChI is InChI=1S/C26H33ClN4O4/c1-35-14-6-13-28-25(33)18-7-5-10-21(15-18)30-24(32)17-29-20-11-12-23(27)22(16-20)26(34)31-19-8-3-2-4-9-19/h5,7,10-12,15-16,19,29H,2-4,6,8-9,13-14,17H2,1H3,(H,28,33)(H,30,32)(H,31,34). The van der Waals surface area contributed by atoms with Crippen LogP contribution in [-0.4, -0.2) is 50.6 Å². The monoisotopic (exact) mass is 500 g/mol. The number of methoxy groups -OCH3 is 1. The molecule has 0 atom stereocenters. The van der Waals surface area contributed by atoms with Crippen LogP contribution < -0.4 is 21.3 Å². The van der Waals surface area contributed by atoms with Crippen molar-refractivity contribution in [3.05, 3.63) is 58.6 Å². The Morgan fingerprint density at radius 2 is 1.80 bits per heavy atom. The van der Waals surface area contributed by atoms with Crippen molar-refractivity contribution in [1.82, 2.24) is 10.6 Å². The van der Waals surface area contributed by atoms with Gasteiger partial charge in [-0.15, -0.1) is 0 Å². The summed E-state index contributed by atoms with van der Waals surface area (Å²) in [6, 6.07) is 11.9. The molecule has 2 aromatic rings. The number of benzene rings is 2. The summed E-state index contributed by atoms with van der Waals surface area (Å²) in [7, 11) is 1.61. The lowest BCUT2D eigenvalue weighted by molar-refractivity contribution is -0.114. The maximum Gasteiger partial charge on any atom is 0.253 e. The van der Waals surface area contributed by atoms with Crippen molar-refractivity contribution in [3.63, 3.8) is 0 Å². The lowest BCUT2D eigenvalue weighted by Crippen LogP contribution is -2.36. The molecule has 3 rings (SSSR count). The van der Waals surface area contributed by atoms with E-state index in [0.717, 1.165) is 32.1 Å². The first-order valence-electron chi connectivity index (χ1n) is 12.0. The zero-order chi connectivity index (χ0) is 25.0. The van der Waals surface area contributed by atoms with Gasteiger partial charge >= 0.3 is 0 Å². The highest BCUT2D eigenvalue weighted by atomic mass is 35.5. The van der Waals surface area contributed by atoms with Crippen molar-refractivity contribution in [3.8, 4) is 0 Å². The Bertz CT molecular complexity index is 1020. The van der Waals surface area contributed by atoms with Crippen molar-refractivity contribution < 1.29 is 19.1 Å². The van der Waals surface area contributed by atoms with Crippen LogP contribution in [0.2, 0.25) is 5.02 Å². The van der Waals surface area contributed by atoms with Gasteiger partial charge in [-0.3, -0.25) is 14.4 Å². The third-order valence-electron chi connectivity index (χ3n) is 5.82. The Kier molecular flexibility index (Phi) is 10.4. The fourth-order valence-corrected chi connectivity index (χ4v) is 4.17. The second kappa shape index (κ2) is 13.7. The van der Waals surface area contributed by atoms with Crippen LogP contribution in [0.3, 0.4) is 0 Å². The molecule has 188 valence electrons. The van der Waals surface area contributed by atoms with Gasteiger partial charge in [0.25, 0.3) is 11.8 Å². The quantitative estimate of drug-likeness (QED) is 0.345. The fourth-order valence-electron chi connectivity index (χ4n) is 3.97. The van der Waals surface area contributed by atoms with Gasteiger partial charge in [0.2, 0.25) is 5.91 Å². The first-order valence-corrected chi connectivity index (χ1v) is 12.4. The van der Waals surface area contributed by atoms with E-state index in [2.05, 4.69) is 21.3 Å². The predicted octanol–water partition coefficient (Wildman–Crippen LogP) is 4.22. The average molecular weight is 501 g/mol. The highest BCUT2D eigenvalue weighted by Gasteiger charge is 2.19. The summed E-state index contributed by atoms with van der Waals surface area (Å²) >= 11 is 6.26. The molecule has 8 nitrogen and oxygen atoms in total. The van der Waals surface area contributed by atoms with E-state index in [-0.39, 0.29) is 30.3 Å². The molecule has 4 N–H and O–H groups in total. The van der Waals surface area contributed by atoms with E-state index in [0.29, 0.717) is 40.7 Å². The molecule has 0 bridgehead atoms. The van der Waals surface area contributed by atoms with Gasteiger partial charge in [-0.1, -0.05) is 36.9 Å². The summed E-state index contributed by atoms with van der Waals surface area (Å²) in [5.41, 5.74) is 1.97. The number of halogens is 1. The minimum Gasteiger partial charge on any atom is -0.385 e. The zero-order valence-electron chi connectivity index (χ0n) is 20.0. The second-order valence-corrected chi connectivity index (χ2v) is 9.00. The molecule has 0 aromatic heterocycles. The van der Waals surface area contributed by atoms with Crippen LogP contribution in [-0.2, 0) is 9.53 Å². The molecule has 0 unspecified atom stereocenters. The maximum absolute atomic E-state index is 12.7. The molecule has 35 heavy (non-hydrogen) atoms. The lowest BCUT2D eigenvalue weighted by atomic mass is 9.95. The average Bonchev–Trinajstić information content (AvgIpc) is 2.86. The van der Waals surface area contributed by atoms with E-state index in [1.165, 1.54) is 6.42 Å². The number of rotatable bonds is 11. The second-order valence-electron chi connectivity index (χ2n) is 8.59. The van der Waals surface area contributed by atoms with Gasteiger partial charge in [-0.05, 0) is 55.7 Å². The number of hydrogen-bond acceptors (Lipinski definition) is 5. The van der Waals surface area contributed by atoms with E-state index >= 15 is 0 Å². The molecular formula is C26H33ClN4O4. The van der Waals surface area contributed by atoms with E-state index < -0.39 is 0 Å².